The highest BCUT2D eigenvalue weighted by atomic mass is 32.2. The Hall–Kier alpha value is -2.62. The molecule has 26 heavy (non-hydrogen) atoms. The molecule has 138 valence electrons. The number of hydrogen-bond acceptors (Lipinski definition) is 9. The SMILES string of the molecule is COc1ccc(-c2noc(CSc3nnnn3C(C)(C)C)n2)c(OC)c1. The van der Waals surface area contributed by atoms with Crippen LogP contribution in [0.25, 0.3) is 11.4 Å². The summed E-state index contributed by atoms with van der Waals surface area (Å²) in [7, 11) is 3.19. The monoisotopic (exact) mass is 376 g/mol. The number of hydrogen-bond donors (Lipinski definition) is 0. The Labute approximate surface area is 155 Å². The molecule has 0 fully saturated rings. The molecule has 0 unspecified atom stereocenters. The lowest BCUT2D eigenvalue weighted by molar-refractivity contribution is 0.321. The first kappa shape index (κ1) is 18.2. The van der Waals surface area contributed by atoms with Crippen LogP contribution in [0.2, 0.25) is 0 Å². The van der Waals surface area contributed by atoms with E-state index in [4.69, 9.17) is 14.0 Å². The standard InChI is InChI=1S/C16H20N6O3S/c1-16(2,3)22-15(18-20-21-22)26-9-13-17-14(19-25-13)11-7-6-10(23-4)8-12(11)24-5/h6-8H,9H2,1-5H3. The first-order valence-corrected chi connectivity index (χ1v) is 8.87. The second-order valence-corrected chi connectivity index (χ2v) is 7.35. The van der Waals surface area contributed by atoms with Crippen molar-refractivity contribution in [3.63, 3.8) is 0 Å². The van der Waals surface area contributed by atoms with Crippen LogP contribution < -0.4 is 9.47 Å². The molecular weight excluding hydrogens is 356 g/mol. The number of thioether (sulfide) groups is 1. The van der Waals surface area contributed by atoms with Gasteiger partial charge < -0.3 is 14.0 Å². The van der Waals surface area contributed by atoms with E-state index >= 15 is 0 Å². The van der Waals surface area contributed by atoms with Crippen LogP contribution in [0.1, 0.15) is 26.7 Å². The van der Waals surface area contributed by atoms with Crippen molar-refractivity contribution in [1.29, 1.82) is 0 Å². The molecule has 0 atom stereocenters. The lowest BCUT2D eigenvalue weighted by atomic mass is 10.1. The van der Waals surface area contributed by atoms with Gasteiger partial charge in [0.05, 0.1) is 31.1 Å². The zero-order valence-electron chi connectivity index (χ0n) is 15.3. The second-order valence-electron chi connectivity index (χ2n) is 6.41. The van der Waals surface area contributed by atoms with Crippen molar-refractivity contribution in [3.05, 3.63) is 24.1 Å². The molecule has 1 aromatic carbocycles. The van der Waals surface area contributed by atoms with Crippen molar-refractivity contribution >= 4 is 11.8 Å². The van der Waals surface area contributed by atoms with Crippen molar-refractivity contribution < 1.29 is 14.0 Å². The molecule has 2 heterocycles. The van der Waals surface area contributed by atoms with Crippen LogP contribution in [0.3, 0.4) is 0 Å². The van der Waals surface area contributed by atoms with Crippen molar-refractivity contribution in [2.75, 3.05) is 14.2 Å². The number of methoxy groups -OCH3 is 2. The zero-order chi connectivity index (χ0) is 18.7. The molecule has 0 amide bonds. The molecule has 0 saturated heterocycles. The van der Waals surface area contributed by atoms with E-state index in [1.165, 1.54) is 11.8 Å². The Morgan fingerprint density at radius 1 is 1.19 bits per heavy atom. The third-order valence-electron chi connectivity index (χ3n) is 3.52. The highest BCUT2D eigenvalue weighted by molar-refractivity contribution is 7.98. The number of ether oxygens (including phenoxy) is 2. The van der Waals surface area contributed by atoms with E-state index in [-0.39, 0.29) is 5.54 Å². The molecule has 0 N–H and O–H groups in total. The quantitative estimate of drug-likeness (QED) is 0.601. The van der Waals surface area contributed by atoms with Gasteiger partial charge in [0.25, 0.3) is 0 Å². The van der Waals surface area contributed by atoms with Gasteiger partial charge in [-0.2, -0.15) is 4.98 Å². The minimum Gasteiger partial charge on any atom is -0.497 e. The molecule has 0 saturated carbocycles. The molecule has 3 rings (SSSR count). The molecule has 0 bridgehead atoms. The van der Waals surface area contributed by atoms with E-state index in [1.54, 1.807) is 25.0 Å². The Morgan fingerprint density at radius 3 is 2.69 bits per heavy atom. The van der Waals surface area contributed by atoms with Gasteiger partial charge in [0.15, 0.2) is 0 Å². The van der Waals surface area contributed by atoms with Crippen molar-refractivity contribution in [1.82, 2.24) is 30.3 Å². The average molecular weight is 376 g/mol. The van der Waals surface area contributed by atoms with Gasteiger partial charge in [-0.15, -0.1) is 5.10 Å². The van der Waals surface area contributed by atoms with Gasteiger partial charge in [-0.1, -0.05) is 16.9 Å². The predicted octanol–water partition coefficient (Wildman–Crippen LogP) is 2.79. The summed E-state index contributed by atoms with van der Waals surface area (Å²) in [6, 6.07) is 5.43. The Balaban J connectivity index is 1.76. The number of benzene rings is 1. The molecule has 0 spiro atoms. The molecule has 10 heteroatoms. The molecule has 0 aliphatic rings. The fraction of sp³-hybridized carbons (Fsp3) is 0.438. The van der Waals surface area contributed by atoms with Crippen LogP contribution in [0, 0.1) is 0 Å². The molecule has 3 aromatic rings. The zero-order valence-corrected chi connectivity index (χ0v) is 16.1. The summed E-state index contributed by atoms with van der Waals surface area (Å²) in [5, 5.41) is 16.6. The number of rotatable bonds is 6. The van der Waals surface area contributed by atoms with Gasteiger partial charge >= 0.3 is 0 Å². The third kappa shape index (κ3) is 3.79. The van der Waals surface area contributed by atoms with Gasteiger partial charge in [-0.25, -0.2) is 4.68 Å². The van der Waals surface area contributed by atoms with Crippen molar-refractivity contribution in [2.24, 2.45) is 0 Å². The smallest absolute Gasteiger partial charge is 0.237 e. The van der Waals surface area contributed by atoms with Crippen LogP contribution in [-0.2, 0) is 11.3 Å². The average Bonchev–Trinajstić information content (AvgIpc) is 3.28. The van der Waals surface area contributed by atoms with Gasteiger partial charge in [0, 0.05) is 6.07 Å². The van der Waals surface area contributed by atoms with Crippen LogP contribution in [0.5, 0.6) is 11.5 Å². The topological polar surface area (TPSA) is 101 Å². The lowest BCUT2D eigenvalue weighted by Crippen LogP contribution is -2.24. The fourth-order valence-corrected chi connectivity index (χ4v) is 3.12. The molecule has 0 aliphatic carbocycles. The first-order chi connectivity index (χ1) is 12.4. The summed E-state index contributed by atoms with van der Waals surface area (Å²) in [5.41, 5.74) is 0.523. The fourth-order valence-electron chi connectivity index (χ4n) is 2.22. The van der Waals surface area contributed by atoms with E-state index in [9.17, 15) is 0 Å². The van der Waals surface area contributed by atoms with E-state index in [2.05, 4.69) is 25.7 Å². The van der Waals surface area contributed by atoms with E-state index in [1.807, 2.05) is 32.9 Å². The van der Waals surface area contributed by atoms with Gasteiger partial charge in [0.1, 0.15) is 11.5 Å². The molecule has 0 aliphatic heterocycles. The summed E-state index contributed by atoms with van der Waals surface area (Å²) < 4.78 is 17.7. The Kier molecular flexibility index (Phi) is 5.12. The highest BCUT2D eigenvalue weighted by Gasteiger charge is 2.21. The minimum absolute atomic E-state index is 0.206. The predicted molar refractivity (Wildman–Crippen MR) is 95.2 cm³/mol. The minimum atomic E-state index is -0.206. The summed E-state index contributed by atoms with van der Waals surface area (Å²) in [6.45, 7) is 6.11. The molecule has 0 radical (unpaired) electrons. The summed E-state index contributed by atoms with van der Waals surface area (Å²) in [5.74, 6) is 2.70. The maximum absolute atomic E-state index is 5.39. The van der Waals surface area contributed by atoms with E-state index in [0.717, 1.165) is 5.56 Å². The number of nitrogens with zero attached hydrogens (tertiary/aromatic N) is 6. The summed E-state index contributed by atoms with van der Waals surface area (Å²) in [6.07, 6.45) is 0. The largest absolute Gasteiger partial charge is 0.497 e. The van der Waals surface area contributed by atoms with Gasteiger partial charge in [-0.3, -0.25) is 0 Å². The third-order valence-corrected chi connectivity index (χ3v) is 4.42. The lowest BCUT2D eigenvalue weighted by Gasteiger charge is -2.19. The van der Waals surface area contributed by atoms with Crippen LogP contribution in [0.4, 0.5) is 0 Å². The maximum Gasteiger partial charge on any atom is 0.237 e. The molecular formula is C16H20N6O3S. The summed E-state index contributed by atoms with van der Waals surface area (Å²) >= 11 is 1.44. The Bertz CT molecular complexity index is 886. The second kappa shape index (κ2) is 7.32. The van der Waals surface area contributed by atoms with E-state index in [0.29, 0.717) is 34.1 Å². The van der Waals surface area contributed by atoms with E-state index < -0.39 is 0 Å². The van der Waals surface area contributed by atoms with Crippen LogP contribution in [0.15, 0.2) is 27.9 Å². The molecule has 2 aromatic heterocycles. The molecule has 9 nitrogen and oxygen atoms in total. The summed E-state index contributed by atoms with van der Waals surface area (Å²) in [4.78, 5) is 4.44. The van der Waals surface area contributed by atoms with Gasteiger partial charge in [-0.05, 0) is 43.3 Å². The van der Waals surface area contributed by atoms with Crippen molar-refractivity contribution in [3.8, 4) is 22.9 Å². The highest BCUT2D eigenvalue weighted by Crippen LogP contribution is 2.32. The van der Waals surface area contributed by atoms with Crippen LogP contribution in [-0.4, -0.2) is 44.6 Å². The number of tetrazole rings is 1. The Morgan fingerprint density at radius 2 is 2.00 bits per heavy atom. The van der Waals surface area contributed by atoms with Gasteiger partial charge in [0.2, 0.25) is 16.9 Å². The number of aromatic nitrogens is 6. The van der Waals surface area contributed by atoms with Crippen molar-refractivity contribution in [2.45, 2.75) is 37.2 Å². The first-order valence-electron chi connectivity index (χ1n) is 7.89. The maximum atomic E-state index is 5.39. The van der Waals surface area contributed by atoms with Crippen LogP contribution >= 0.6 is 11.8 Å². The normalized spacial score (nSPS) is 11.6.